The van der Waals surface area contributed by atoms with Gasteiger partial charge in [-0.2, -0.15) is 0 Å². The highest BCUT2D eigenvalue weighted by molar-refractivity contribution is 9.10. The van der Waals surface area contributed by atoms with Crippen molar-refractivity contribution in [3.63, 3.8) is 0 Å². The Morgan fingerprint density at radius 2 is 1.59 bits per heavy atom. The van der Waals surface area contributed by atoms with Crippen LogP contribution < -0.4 is 4.74 Å². The molecule has 0 radical (unpaired) electrons. The van der Waals surface area contributed by atoms with Crippen LogP contribution in [0.5, 0.6) is 5.75 Å². The van der Waals surface area contributed by atoms with Crippen LogP contribution in [0.15, 0.2) is 77.3 Å². The minimum absolute atomic E-state index is 0.147. The lowest BCUT2D eigenvalue weighted by atomic mass is 9.87. The van der Waals surface area contributed by atoms with Gasteiger partial charge < -0.3 is 9.30 Å². The largest absolute Gasteiger partial charge is 0.492 e. The maximum absolute atomic E-state index is 6.05. The molecule has 3 aromatic carbocycles. The Kier molecular flexibility index (Phi) is 5.46. The molecule has 0 N–H and O–H groups in total. The molecule has 148 valence electrons. The summed E-state index contributed by atoms with van der Waals surface area (Å²) < 4.78 is 9.35. The highest BCUT2D eigenvalue weighted by Crippen LogP contribution is 2.27. The Morgan fingerprint density at radius 3 is 2.28 bits per heavy atom. The first-order valence-electron chi connectivity index (χ1n) is 9.86. The van der Waals surface area contributed by atoms with Crippen molar-refractivity contribution in [1.29, 1.82) is 0 Å². The molecule has 0 fully saturated rings. The normalized spacial score (nSPS) is 11.7. The highest BCUT2D eigenvalue weighted by Gasteiger charge is 2.14. The molecular weight excluding hydrogens is 424 g/mol. The Bertz CT molecular complexity index is 1110. The van der Waals surface area contributed by atoms with Gasteiger partial charge in [0.1, 0.15) is 18.2 Å². The van der Waals surface area contributed by atoms with Gasteiger partial charge in [-0.1, -0.05) is 73.1 Å². The highest BCUT2D eigenvalue weighted by atomic mass is 79.9. The van der Waals surface area contributed by atoms with Gasteiger partial charge in [0.2, 0.25) is 0 Å². The lowest BCUT2D eigenvalue weighted by Gasteiger charge is -2.19. The summed E-state index contributed by atoms with van der Waals surface area (Å²) in [5.41, 5.74) is 4.67. The maximum atomic E-state index is 6.05. The first kappa shape index (κ1) is 19.7. The molecule has 0 amide bonds. The lowest BCUT2D eigenvalue weighted by molar-refractivity contribution is 0.300. The van der Waals surface area contributed by atoms with E-state index in [4.69, 9.17) is 9.72 Å². The fourth-order valence-corrected chi connectivity index (χ4v) is 3.69. The van der Waals surface area contributed by atoms with Crippen molar-refractivity contribution < 1.29 is 4.74 Å². The summed E-state index contributed by atoms with van der Waals surface area (Å²) in [6.45, 7) is 7.97. The third-order valence-corrected chi connectivity index (χ3v) is 5.59. The predicted octanol–water partition coefficient (Wildman–Crippen LogP) is 6.84. The van der Waals surface area contributed by atoms with Crippen LogP contribution in [-0.4, -0.2) is 16.2 Å². The van der Waals surface area contributed by atoms with Gasteiger partial charge in [-0.05, 0) is 47.4 Å². The average Bonchev–Trinajstić information content (AvgIpc) is 3.07. The molecule has 0 aliphatic heterocycles. The summed E-state index contributed by atoms with van der Waals surface area (Å²) in [5, 5.41) is 0. The second-order valence-corrected chi connectivity index (χ2v) is 9.12. The van der Waals surface area contributed by atoms with Crippen LogP contribution in [0, 0.1) is 0 Å². The molecule has 0 saturated carbocycles. The van der Waals surface area contributed by atoms with Gasteiger partial charge in [0.25, 0.3) is 0 Å². The fraction of sp³-hybridized carbons (Fsp3) is 0.240. The smallest absolute Gasteiger partial charge is 0.141 e. The minimum atomic E-state index is 0.147. The number of ether oxygens (including phenoxy) is 1. The van der Waals surface area contributed by atoms with Crippen molar-refractivity contribution in [2.45, 2.75) is 32.7 Å². The molecule has 4 heteroatoms. The summed E-state index contributed by atoms with van der Waals surface area (Å²) >= 11 is 3.51. The molecule has 1 heterocycles. The number of aromatic nitrogens is 2. The third-order valence-electron chi connectivity index (χ3n) is 5.06. The summed E-state index contributed by atoms with van der Waals surface area (Å²) in [6.07, 6.45) is 0. The number of nitrogens with zero attached hydrogens (tertiary/aromatic N) is 2. The zero-order chi connectivity index (χ0) is 20.4. The van der Waals surface area contributed by atoms with Crippen LogP contribution >= 0.6 is 15.9 Å². The molecule has 29 heavy (non-hydrogen) atoms. The summed E-state index contributed by atoms with van der Waals surface area (Å²) in [7, 11) is 0. The van der Waals surface area contributed by atoms with Crippen LogP contribution in [0.3, 0.4) is 0 Å². The van der Waals surface area contributed by atoms with E-state index in [0.717, 1.165) is 39.2 Å². The Morgan fingerprint density at radius 1 is 0.897 bits per heavy atom. The number of fused-ring (bicyclic) bond motifs is 1. The van der Waals surface area contributed by atoms with Crippen molar-refractivity contribution in [2.75, 3.05) is 6.61 Å². The average molecular weight is 449 g/mol. The van der Waals surface area contributed by atoms with E-state index in [9.17, 15) is 0 Å². The number of rotatable bonds is 5. The first-order chi connectivity index (χ1) is 13.9. The monoisotopic (exact) mass is 448 g/mol. The van der Waals surface area contributed by atoms with Crippen LogP contribution in [0.1, 0.15) is 26.3 Å². The number of hydrogen-bond acceptors (Lipinski definition) is 2. The second-order valence-electron chi connectivity index (χ2n) is 8.21. The van der Waals surface area contributed by atoms with Crippen molar-refractivity contribution in [1.82, 2.24) is 9.55 Å². The molecule has 3 nitrogen and oxygen atoms in total. The molecule has 0 aliphatic carbocycles. The zero-order valence-corrected chi connectivity index (χ0v) is 18.6. The van der Waals surface area contributed by atoms with E-state index in [1.165, 1.54) is 5.56 Å². The number of benzene rings is 3. The van der Waals surface area contributed by atoms with Crippen molar-refractivity contribution in [2.24, 2.45) is 0 Å². The van der Waals surface area contributed by atoms with Crippen molar-refractivity contribution in [3.05, 3.63) is 82.8 Å². The summed E-state index contributed by atoms with van der Waals surface area (Å²) in [6, 6.07) is 24.9. The summed E-state index contributed by atoms with van der Waals surface area (Å²) in [5.74, 6) is 1.86. The Hall–Kier alpha value is -2.59. The molecule has 0 unspecified atom stereocenters. The molecule has 0 bridgehead atoms. The van der Waals surface area contributed by atoms with Crippen LogP contribution in [0.2, 0.25) is 0 Å². The summed E-state index contributed by atoms with van der Waals surface area (Å²) in [4.78, 5) is 4.87. The molecule has 0 aliphatic rings. The zero-order valence-electron chi connectivity index (χ0n) is 17.0. The Labute approximate surface area is 180 Å². The topological polar surface area (TPSA) is 27.1 Å². The number of imidazole rings is 1. The van der Waals surface area contributed by atoms with Gasteiger partial charge in [-0.15, -0.1) is 0 Å². The standard InChI is InChI=1S/C25H25BrN2O/c1-25(2,3)19-10-14-21(15-11-19)29-17-16-28-23-7-5-4-6-22(23)27-24(28)18-8-12-20(26)13-9-18/h4-15H,16-17H2,1-3H3. The second kappa shape index (κ2) is 8.03. The van der Waals surface area contributed by atoms with Gasteiger partial charge in [0.15, 0.2) is 0 Å². The van der Waals surface area contributed by atoms with Gasteiger partial charge in [0.05, 0.1) is 17.6 Å². The van der Waals surface area contributed by atoms with E-state index in [2.05, 4.69) is 95.9 Å². The quantitative estimate of drug-likeness (QED) is 0.334. The van der Waals surface area contributed by atoms with Gasteiger partial charge >= 0.3 is 0 Å². The van der Waals surface area contributed by atoms with Crippen LogP contribution in [0.25, 0.3) is 22.4 Å². The predicted molar refractivity (Wildman–Crippen MR) is 124 cm³/mol. The van der Waals surface area contributed by atoms with Crippen molar-refractivity contribution in [3.8, 4) is 17.1 Å². The number of hydrogen-bond donors (Lipinski definition) is 0. The molecule has 0 saturated heterocycles. The third kappa shape index (κ3) is 4.38. The molecular formula is C25H25BrN2O. The van der Waals surface area contributed by atoms with Gasteiger partial charge in [-0.3, -0.25) is 0 Å². The van der Waals surface area contributed by atoms with Crippen LogP contribution in [0.4, 0.5) is 0 Å². The molecule has 0 spiro atoms. The van der Waals surface area contributed by atoms with E-state index < -0.39 is 0 Å². The lowest BCUT2D eigenvalue weighted by Crippen LogP contribution is -2.11. The maximum Gasteiger partial charge on any atom is 0.141 e. The van der Waals surface area contributed by atoms with E-state index in [1.807, 2.05) is 18.2 Å². The van der Waals surface area contributed by atoms with E-state index in [1.54, 1.807) is 0 Å². The van der Waals surface area contributed by atoms with Crippen molar-refractivity contribution >= 4 is 27.0 Å². The minimum Gasteiger partial charge on any atom is -0.492 e. The molecule has 1 aromatic heterocycles. The molecule has 4 aromatic rings. The molecule has 0 atom stereocenters. The van der Waals surface area contributed by atoms with E-state index >= 15 is 0 Å². The van der Waals surface area contributed by atoms with E-state index in [0.29, 0.717) is 6.61 Å². The van der Waals surface area contributed by atoms with Gasteiger partial charge in [-0.25, -0.2) is 4.98 Å². The number of para-hydroxylation sites is 2. The van der Waals surface area contributed by atoms with Crippen LogP contribution in [-0.2, 0) is 12.0 Å². The fourth-order valence-electron chi connectivity index (χ4n) is 3.43. The number of halogens is 1. The first-order valence-corrected chi connectivity index (χ1v) is 10.7. The van der Waals surface area contributed by atoms with E-state index in [-0.39, 0.29) is 5.41 Å². The molecule has 4 rings (SSSR count). The van der Waals surface area contributed by atoms with Gasteiger partial charge in [0, 0.05) is 10.0 Å². The SMILES string of the molecule is CC(C)(C)c1ccc(OCCn2c(-c3ccc(Br)cc3)nc3ccccc32)cc1. The Balaban J connectivity index is 1.56.